The van der Waals surface area contributed by atoms with E-state index in [0.29, 0.717) is 12.1 Å². The summed E-state index contributed by atoms with van der Waals surface area (Å²) in [5.41, 5.74) is 1.33. The summed E-state index contributed by atoms with van der Waals surface area (Å²) >= 11 is 0. The number of ether oxygens (including phenoxy) is 1. The first-order valence-electron chi connectivity index (χ1n) is 7.67. The van der Waals surface area contributed by atoms with Crippen LogP contribution >= 0.6 is 0 Å². The lowest BCUT2D eigenvalue weighted by molar-refractivity contribution is -0.682. The zero-order valence-electron chi connectivity index (χ0n) is 13.7. The molecule has 0 aliphatic heterocycles. The molecule has 1 atom stereocenters. The highest BCUT2D eigenvalue weighted by Crippen LogP contribution is 2.14. The Balaban J connectivity index is 1.79. The Hall–Kier alpha value is -2.47. The van der Waals surface area contributed by atoms with E-state index in [9.17, 15) is 13.6 Å². The van der Waals surface area contributed by atoms with Gasteiger partial charge in [0, 0.05) is 18.2 Å². The molecule has 0 saturated heterocycles. The van der Waals surface area contributed by atoms with Crippen LogP contribution in [-0.4, -0.2) is 19.6 Å². The van der Waals surface area contributed by atoms with Gasteiger partial charge < -0.3 is 15.4 Å². The van der Waals surface area contributed by atoms with Gasteiger partial charge in [-0.3, -0.25) is 4.79 Å². The predicted octanol–water partition coefficient (Wildman–Crippen LogP) is 1.91. The van der Waals surface area contributed by atoms with E-state index in [1.807, 2.05) is 24.3 Å². The molecule has 0 aliphatic rings. The number of hydrogen-bond acceptors (Lipinski definition) is 2. The number of carbonyl (C=O) groups excluding carboxylic acids is 1. The molecular weight excluding hydrogens is 314 g/mol. The maximum absolute atomic E-state index is 13.7. The molecule has 2 aromatic rings. The number of amides is 1. The van der Waals surface area contributed by atoms with Gasteiger partial charge in [-0.05, 0) is 36.8 Å². The maximum atomic E-state index is 13.7. The number of rotatable bonds is 7. The van der Waals surface area contributed by atoms with Crippen LogP contribution in [0.15, 0.2) is 42.5 Å². The summed E-state index contributed by atoms with van der Waals surface area (Å²) < 4.78 is 31.7. The van der Waals surface area contributed by atoms with Crippen LogP contribution in [0.1, 0.15) is 24.1 Å². The highest BCUT2D eigenvalue weighted by Gasteiger charge is 2.15. The van der Waals surface area contributed by atoms with Gasteiger partial charge in [0.25, 0.3) is 5.91 Å². The Kier molecular flexibility index (Phi) is 6.26. The fourth-order valence-electron chi connectivity index (χ4n) is 2.30. The van der Waals surface area contributed by atoms with Crippen molar-refractivity contribution in [3.05, 3.63) is 65.2 Å². The Bertz CT molecular complexity index is 690. The number of carbonyl (C=O) groups is 1. The lowest BCUT2D eigenvalue weighted by Crippen LogP contribution is -2.87. The Morgan fingerprint density at radius 1 is 1.21 bits per heavy atom. The first kappa shape index (κ1) is 17.9. The average molecular weight is 335 g/mol. The van der Waals surface area contributed by atoms with E-state index in [1.165, 1.54) is 12.1 Å². The largest absolute Gasteiger partial charge is 0.497 e. The van der Waals surface area contributed by atoms with Gasteiger partial charge in [0.2, 0.25) is 0 Å². The fraction of sp³-hybridized carbons (Fsp3) is 0.278. The van der Waals surface area contributed by atoms with Crippen molar-refractivity contribution in [2.24, 2.45) is 0 Å². The van der Waals surface area contributed by atoms with Crippen molar-refractivity contribution in [3.63, 3.8) is 0 Å². The molecular formula is C18H21F2N2O2+. The number of benzene rings is 2. The van der Waals surface area contributed by atoms with E-state index in [1.54, 1.807) is 19.4 Å². The van der Waals surface area contributed by atoms with Gasteiger partial charge in [0.15, 0.2) is 6.54 Å². The standard InChI is InChI=1S/C18H20F2N2O2/c1-12(16-8-5-14(19)9-17(16)20)21-11-18(23)22-10-13-3-6-15(24-2)7-4-13/h3-9,12,21H,10-11H2,1-2H3,(H,22,23)/p+1/t12-/m1/s1. The second kappa shape index (κ2) is 8.40. The van der Waals surface area contributed by atoms with Crippen LogP contribution in [-0.2, 0) is 11.3 Å². The molecule has 0 radical (unpaired) electrons. The molecule has 0 bridgehead atoms. The third-order valence-corrected chi connectivity index (χ3v) is 3.76. The van der Waals surface area contributed by atoms with E-state index in [2.05, 4.69) is 5.32 Å². The third-order valence-electron chi connectivity index (χ3n) is 3.76. The van der Waals surface area contributed by atoms with Crippen molar-refractivity contribution < 1.29 is 23.6 Å². The summed E-state index contributed by atoms with van der Waals surface area (Å²) in [5.74, 6) is -0.605. The van der Waals surface area contributed by atoms with Crippen LogP contribution in [0.25, 0.3) is 0 Å². The van der Waals surface area contributed by atoms with Gasteiger partial charge >= 0.3 is 0 Å². The third kappa shape index (κ3) is 5.03. The molecule has 0 spiro atoms. The molecule has 6 heteroatoms. The smallest absolute Gasteiger partial charge is 0.275 e. The van der Waals surface area contributed by atoms with Crippen molar-refractivity contribution in [3.8, 4) is 5.75 Å². The van der Waals surface area contributed by atoms with Crippen LogP contribution in [0.5, 0.6) is 5.75 Å². The number of nitrogens with one attached hydrogen (secondary N) is 1. The van der Waals surface area contributed by atoms with Gasteiger partial charge in [-0.25, -0.2) is 8.78 Å². The number of nitrogens with two attached hydrogens (primary N) is 1. The Labute approximate surface area is 139 Å². The number of halogens is 2. The molecule has 2 aromatic carbocycles. The topological polar surface area (TPSA) is 54.9 Å². The quantitative estimate of drug-likeness (QED) is 0.812. The Morgan fingerprint density at radius 2 is 1.92 bits per heavy atom. The maximum Gasteiger partial charge on any atom is 0.275 e. The second-order valence-electron chi connectivity index (χ2n) is 5.52. The van der Waals surface area contributed by atoms with Gasteiger partial charge in [0.1, 0.15) is 23.4 Å². The highest BCUT2D eigenvalue weighted by molar-refractivity contribution is 5.76. The molecule has 128 valence electrons. The number of quaternary nitrogens is 1. The van der Waals surface area contributed by atoms with Crippen LogP contribution in [0.2, 0.25) is 0 Å². The molecule has 0 saturated carbocycles. The molecule has 24 heavy (non-hydrogen) atoms. The summed E-state index contributed by atoms with van der Waals surface area (Å²) in [6, 6.07) is 10.6. The van der Waals surface area contributed by atoms with Crippen molar-refractivity contribution >= 4 is 5.91 Å². The summed E-state index contributed by atoms with van der Waals surface area (Å²) in [4.78, 5) is 11.9. The summed E-state index contributed by atoms with van der Waals surface area (Å²) in [6.45, 7) is 2.34. The molecule has 0 aromatic heterocycles. The van der Waals surface area contributed by atoms with E-state index in [4.69, 9.17) is 4.74 Å². The molecule has 0 aliphatic carbocycles. The van der Waals surface area contributed by atoms with Crippen molar-refractivity contribution in [2.45, 2.75) is 19.5 Å². The molecule has 3 N–H and O–H groups in total. The molecule has 4 nitrogen and oxygen atoms in total. The number of methoxy groups -OCH3 is 1. The van der Waals surface area contributed by atoms with Gasteiger partial charge in [0.05, 0.1) is 7.11 Å². The SMILES string of the molecule is COc1ccc(CNC(=O)C[NH2+][C@H](C)c2ccc(F)cc2F)cc1. The second-order valence-corrected chi connectivity index (χ2v) is 5.52. The highest BCUT2D eigenvalue weighted by atomic mass is 19.1. The first-order valence-corrected chi connectivity index (χ1v) is 7.67. The normalized spacial score (nSPS) is 11.8. The first-order chi connectivity index (χ1) is 11.5. The van der Waals surface area contributed by atoms with E-state index >= 15 is 0 Å². The van der Waals surface area contributed by atoms with Crippen LogP contribution in [0, 0.1) is 11.6 Å². The predicted molar refractivity (Wildman–Crippen MR) is 86.4 cm³/mol. The molecule has 1 amide bonds. The van der Waals surface area contributed by atoms with Gasteiger partial charge in [-0.15, -0.1) is 0 Å². The minimum Gasteiger partial charge on any atom is -0.497 e. The zero-order chi connectivity index (χ0) is 17.5. The minimum absolute atomic E-state index is 0.153. The van der Waals surface area contributed by atoms with E-state index in [-0.39, 0.29) is 18.5 Å². The minimum atomic E-state index is -0.610. The molecule has 0 fully saturated rings. The van der Waals surface area contributed by atoms with Crippen molar-refractivity contribution in [1.29, 1.82) is 0 Å². The molecule has 2 rings (SSSR count). The summed E-state index contributed by atoms with van der Waals surface area (Å²) in [7, 11) is 1.59. The Morgan fingerprint density at radius 3 is 2.54 bits per heavy atom. The van der Waals surface area contributed by atoms with Crippen LogP contribution in [0.3, 0.4) is 0 Å². The summed E-state index contributed by atoms with van der Waals surface area (Å²) in [6.07, 6.45) is 0. The van der Waals surface area contributed by atoms with E-state index in [0.717, 1.165) is 17.4 Å². The fourth-order valence-corrected chi connectivity index (χ4v) is 2.30. The van der Waals surface area contributed by atoms with Crippen LogP contribution in [0.4, 0.5) is 8.78 Å². The lowest BCUT2D eigenvalue weighted by atomic mass is 10.1. The van der Waals surface area contributed by atoms with Crippen LogP contribution < -0.4 is 15.4 Å². The molecule has 0 heterocycles. The van der Waals surface area contributed by atoms with Crippen molar-refractivity contribution in [1.82, 2.24) is 5.32 Å². The average Bonchev–Trinajstić information content (AvgIpc) is 2.58. The monoisotopic (exact) mass is 335 g/mol. The lowest BCUT2D eigenvalue weighted by Gasteiger charge is -2.12. The van der Waals surface area contributed by atoms with Gasteiger partial charge in [-0.1, -0.05) is 12.1 Å². The zero-order valence-corrected chi connectivity index (χ0v) is 13.7. The number of hydrogen-bond donors (Lipinski definition) is 2. The van der Waals surface area contributed by atoms with Gasteiger partial charge in [-0.2, -0.15) is 0 Å². The summed E-state index contributed by atoms with van der Waals surface area (Å²) in [5, 5.41) is 4.51. The van der Waals surface area contributed by atoms with E-state index < -0.39 is 11.6 Å². The molecule has 0 unspecified atom stereocenters. The van der Waals surface area contributed by atoms with Crippen molar-refractivity contribution in [2.75, 3.05) is 13.7 Å².